The highest BCUT2D eigenvalue weighted by Gasteiger charge is 2.10. The number of carboxylic acids is 2. The van der Waals surface area contributed by atoms with Gasteiger partial charge in [0, 0.05) is 11.3 Å². The van der Waals surface area contributed by atoms with Gasteiger partial charge in [0.1, 0.15) is 0 Å². The van der Waals surface area contributed by atoms with Crippen molar-refractivity contribution in [2.24, 2.45) is 0 Å². The Morgan fingerprint density at radius 1 is 1.23 bits per heavy atom. The van der Waals surface area contributed by atoms with Crippen molar-refractivity contribution >= 4 is 29.8 Å². The lowest BCUT2D eigenvalue weighted by molar-refractivity contribution is -0.298. The molecule has 0 amide bonds. The van der Waals surface area contributed by atoms with Crippen molar-refractivity contribution in [2.75, 3.05) is 0 Å². The highest BCUT2D eigenvalue weighted by molar-refractivity contribution is 8.03. The van der Waals surface area contributed by atoms with E-state index in [0.29, 0.717) is 17.9 Å². The Morgan fingerprint density at radius 2 is 1.91 bits per heavy atom. The number of carbonyl (C=O) groups excluding carboxylic acids is 2. The molecule has 0 aliphatic rings. The lowest BCUT2D eigenvalue weighted by Crippen LogP contribution is -2.23. The van der Waals surface area contributed by atoms with E-state index in [9.17, 15) is 19.8 Å². The highest BCUT2D eigenvalue weighted by Crippen LogP contribution is 2.27. The van der Waals surface area contributed by atoms with Gasteiger partial charge in [0.25, 0.3) is 5.22 Å². The molecule has 0 N–H and O–H groups in total. The number of carbonyl (C=O) groups is 2. The minimum Gasteiger partial charge on any atom is -0.545 e. The number of aromatic nitrogens is 2. The first-order chi connectivity index (χ1) is 10.5. The van der Waals surface area contributed by atoms with Gasteiger partial charge in [0.05, 0.1) is 11.9 Å². The average molecular weight is 318 g/mol. The van der Waals surface area contributed by atoms with Crippen LogP contribution in [0.2, 0.25) is 0 Å². The van der Waals surface area contributed by atoms with Crippen LogP contribution in [0, 0.1) is 0 Å². The van der Waals surface area contributed by atoms with Gasteiger partial charge in [-0.1, -0.05) is 31.2 Å². The Bertz CT molecular complexity index is 721. The first-order valence-electron chi connectivity index (χ1n) is 6.24. The largest absolute Gasteiger partial charge is 0.545 e. The van der Waals surface area contributed by atoms with Crippen LogP contribution in [0.4, 0.5) is 0 Å². The third kappa shape index (κ3) is 3.95. The minimum atomic E-state index is -1.40. The quantitative estimate of drug-likeness (QED) is 0.534. The molecule has 0 unspecified atom stereocenters. The summed E-state index contributed by atoms with van der Waals surface area (Å²) < 4.78 is 5.22. The molecular weight excluding hydrogens is 308 g/mol. The summed E-state index contributed by atoms with van der Waals surface area (Å²) in [6.45, 7) is 1.83. The normalized spacial score (nSPS) is 11.4. The second kappa shape index (κ2) is 6.90. The lowest BCUT2D eigenvalue weighted by atomic mass is 10.1. The van der Waals surface area contributed by atoms with Crippen molar-refractivity contribution in [3.05, 3.63) is 46.2 Å². The molecule has 0 radical (unpaired) electrons. The monoisotopic (exact) mass is 318 g/mol. The fourth-order valence-corrected chi connectivity index (χ4v) is 2.20. The van der Waals surface area contributed by atoms with Crippen LogP contribution in [0.3, 0.4) is 0 Å². The van der Waals surface area contributed by atoms with Crippen LogP contribution < -0.4 is 10.2 Å². The summed E-state index contributed by atoms with van der Waals surface area (Å²) in [5.41, 5.74) is 0.497. The van der Waals surface area contributed by atoms with Crippen LogP contribution in [-0.4, -0.2) is 22.1 Å². The van der Waals surface area contributed by atoms with Crippen LogP contribution in [0.25, 0.3) is 6.08 Å². The molecule has 1 heterocycles. The summed E-state index contributed by atoms with van der Waals surface area (Å²) >= 11 is 0.768. The summed E-state index contributed by atoms with van der Waals surface area (Å²) in [4.78, 5) is 21.7. The predicted octanol–water partition coefficient (Wildman–Crippen LogP) is -0.121. The second-order valence-corrected chi connectivity index (χ2v) is 5.12. The van der Waals surface area contributed by atoms with Crippen LogP contribution in [0.15, 0.2) is 38.8 Å². The molecule has 0 saturated heterocycles. The summed E-state index contributed by atoms with van der Waals surface area (Å²) in [5, 5.41) is 29.4. The van der Waals surface area contributed by atoms with E-state index in [1.807, 2.05) is 6.92 Å². The Labute approximate surface area is 129 Å². The predicted molar refractivity (Wildman–Crippen MR) is 73.3 cm³/mol. The van der Waals surface area contributed by atoms with Gasteiger partial charge in [-0.15, -0.1) is 10.2 Å². The van der Waals surface area contributed by atoms with E-state index in [4.69, 9.17) is 4.42 Å². The van der Waals surface area contributed by atoms with Crippen LogP contribution >= 0.6 is 11.8 Å². The second-order valence-electron chi connectivity index (χ2n) is 4.12. The fourth-order valence-electron chi connectivity index (χ4n) is 1.51. The van der Waals surface area contributed by atoms with Gasteiger partial charge in [-0.3, -0.25) is 0 Å². The molecule has 2 aromatic rings. The van der Waals surface area contributed by atoms with Crippen molar-refractivity contribution in [2.45, 2.75) is 18.6 Å². The topological polar surface area (TPSA) is 119 Å². The van der Waals surface area contributed by atoms with Crippen LogP contribution in [-0.2, 0) is 11.2 Å². The molecule has 8 heteroatoms. The molecule has 0 aliphatic heterocycles. The van der Waals surface area contributed by atoms with Crippen LogP contribution in [0.1, 0.15) is 28.7 Å². The smallest absolute Gasteiger partial charge is 0.281 e. The van der Waals surface area contributed by atoms with Crippen molar-refractivity contribution < 1.29 is 24.2 Å². The van der Waals surface area contributed by atoms with E-state index in [-0.39, 0.29) is 15.7 Å². The number of aliphatic carboxylic acids is 1. The Morgan fingerprint density at radius 3 is 2.41 bits per heavy atom. The number of thioether (sulfide) groups is 1. The first-order valence-corrected chi connectivity index (χ1v) is 7.06. The SMILES string of the molecule is CCc1nnc(S/C(=C/c2ccc(C(=O)[O-])cc2)C(=O)[O-])o1. The maximum atomic E-state index is 11.2. The number of aromatic carboxylic acids is 1. The molecule has 22 heavy (non-hydrogen) atoms. The van der Waals surface area contributed by atoms with Gasteiger partial charge < -0.3 is 24.2 Å². The molecule has 2 rings (SSSR count). The minimum absolute atomic E-state index is 0.00397. The number of hydrogen-bond acceptors (Lipinski definition) is 8. The molecule has 0 bridgehead atoms. The third-order valence-corrected chi connectivity index (χ3v) is 3.44. The molecular formula is C14H10N2O5S-2. The molecule has 1 aromatic carbocycles. The van der Waals surface area contributed by atoms with Gasteiger partial charge >= 0.3 is 0 Å². The van der Waals surface area contributed by atoms with Gasteiger partial charge in [-0.25, -0.2) is 0 Å². The van der Waals surface area contributed by atoms with Gasteiger partial charge in [0.15, 0.2) is 0 Å². The number of aryl methyl sites for hydroxylation is 1. The molecule has 0 aliphatic carbocycles. The molecule has 1 aromatic heterocycles. The molecule has 0 atom stereocenters. The fraction of sp³-hybridized carbons (Fsp3) is 0.143. The first kappa shape index (κ1) is 15.8. The maximum absolute atomic E-state index is 11.2. The number of nitrogens with zero attached hydrogens (tertiary/aromatic N) is 2. The van der Waals surface area contributed by atoms with E-state index in [1.165, 1.54) is 30.3 Å². The summed E-state index contributed by atoms with van der Waals surface area (Å²) in [6.07, 6.45) is 1.87. The van der Waals surface area contributed by atoms with E-state index in [1.54, 1.807) is 0 Å². The molecule has 0 fully saturated rings. The lowest BCUT2D eigenvalue weighted by Gasteiger charge is -2.06. The number of carboxylic acid groups (broad SMARTS) is 2. The van der Waals surface area contributed by atoms with Gasteiger partial charge in [-0.05, 0) is 29.0 Å². The Kier molecular flexibility index (Phi) is 4.95. The Hall–Kier alpha value is -2.61. The molecule has 7 nitrogen and oxygen atoms in total. The molecule has 0 saturated carbocycles. The Balaban J connectivity index is 2.22. The maximum Gasteiger partial charge on any atom is 0.281 e. The summed E-state index contributed by atoms with van der Waals surface area (Å²) in [5.74, 6) is -2.30. The summed E-state index contributed by atoms with van der Waals surface area (Å²) in [7, 11) is 0. The zero-order valence-corrected chi connectivity index (χ0v) is 12.3. The van der Waals surface area contributed by atoms with Crippen molar-refractivity contribution in [3.63, 3.8) is 0 Å². The van der Waals surface area contributed by atoms with E-state index < -0.39 is 11.9 Å². The van der Waals surface area contributed by atoms with Crippen molar-refractivity contribution in [1.29, 1.82) is 0 Å². The van der Waals surface area contributed by atoms with Crippen LogP contribution in [0.5, 0.6) is 0 Å². The number of benzene rings is 1. The van der Waals surface area contributed by atoms with Gasteiger partial charge in [-0.2, -0.15) is 0 Å². The average Bonchev–Trinajstić information content (AvgIpc) is 2.94. The van der Waals surface area contributed by atoms with Crippen molar-refractivity contribution in [1.82, 2.24) is 10.2 Å². The van der Waals surface area contributed by atoms with E-state index in [2.05, 4.69) is 10.2 Å². The molecule has 0 spiro atoms. The summed E-state index contributed by atoms with van der Waals surface area (Å²) in [6, 6.07) is 5.56. The molecule has 114 valence electrons. The number of hydrogen-bond donors (Lipinski definition) is 0. The zero-order chi connectivity index (χ0) is 16.1. The van der Waals surface area contributed by atoms with Crippen molar-refractivity contribution in [3.8, 4) is 0 Å². The standard InChI is InChI=1S/C14H12N2O5S/c1-2-11-15-16-14(21-11)22-10(13(19)20)7-8-3-5-9(6-4-8)12(17)18/h3-7H,2H2,1H3,(H,17,18)(H,19,20)/p-2/b10-7+. The van der Waals surface area contributed by atoms with E-state index in [0.717, 1.165) is 11.8 Å². The van der Waals surface area contributed by atoms with E-state index >= 15 is 0 Å². The zero-order valence-electron chi connectivity index (χ0n) is 11.4. The third-order valence-electron chi connectivity index (χ3n) is 2.59. The number of rotatable bonds is 6. The highest BCUT2D eigenvalue weighted by atomic mass is 32.2. The van der Waals surface area contributed by atoms with Gasteiger partial charge in [0.2, 0.25) is 5.89 Å².